The molecule has 2 N–H and O–H groups in total. The van der Waals surface area contributed by atoms with Crippen LogP contribution in [0.25, 0.3) is 11.2 Å². The summed E-state index contributed by atoms with van der Waals surface area (Å²) in [6.45, 7) is 7.24. The van der Waals surface area contributed by atoms with Crippen LogP contribution in [0.3, 0.4) is 0 Å². The largest absolute Gasteiger partial charge is 0.353 e. The minimum atomic E-state index is -0.478. The maximum absolute atomic E-state index is 12.7. The van der Waals surface area contributed by atoms with Gasteiger partial charge in [-0.3, -0.25) is 18.9 Å². The second kappa shape index (κ2) is 7.61. The number of hydrogen-bond donors (Lipinski definition) is 2. The lowest BCUT2D eigenvalue weighted by Crippen LogP contribution is -2.36. The Bertz CT molecular complexity index is 1210. The summed E-state index contributed by atoms with van der Waals surface area (Å²) in [5.41, 5.74) is 0.919. The van der Waals surface area contributed by atoms with Crippen LogP contribution in [0.15, 0.2) is 33.9 Å². The molecule has 8 heteroatoms. The van der Waals surface area contributed by atoms with E-state index < -0.39 is 11.2 Å². The van der Waals surface area contributed by atoms with Gasteiger partial charge in [-0.05, 0) is 42.2 Å². The Morgan fingerprint density at radius 1 is 1.27 bits per heavy atom. The summed E-state index contributed by atoms with van der Waals surface area (Å²) in [6, 6.07) is 7.79. The fourth-order valence-electron chi connectivity index (χ4n) is 4.93. The van der Waals surface area contributed by atoms with E-state index in [9.17, 15) is 9.59 Å². The fourth-order valence-corrected chi connectivity index (χ4v) is 5.13. The van der Waals surface area contributed by atoms with Gasteiger partial charge in [0.15, 0.2) is 11.2 Å². The Labute approximate surface area is 180 Å². The Morgan fingerprint density at radius 3 is 2.70 bits per heavy atom. The van der Waals surface area contributed by atoms with Gasteiger partial charge in [0.2, 0.25) is 5.95 Å². The SMILES string of the molecule is C[C@H]1C[C@H](Nc2nc3c(c(=O)[nH]c(=O)n3C)n2Cc2ccccc2Cl)CC(C)(C)C1. The van der Waals surface area contributed by atoms with Gasteiger partial charge >= 0.3 is 5.69 Å². The smallest absolute Gasteiger partial charge is 0.329 e. The summed E-state index contributed by atoms with van der Waals surface area (Å²) in [5, 5.41) is 4.20. The standard InChI is InChI=1S/C22H28ClN5O2/c1-13-9-15(11-22(2,3)10-13)24-20-25-18-17(19(29)26-21(30)27(18)4)28(20)12-14-7-5-6-8-16(14)23/h5-8,13,15H,9-12H2,1-4H3,(H,24,25)(H,26,29,30)/t13-,15-/m0/s1. The first-order valence-corrected chi connectivity index (χ1v) is 10.7. The number of hydrogen-bond acceptors (Lipinski definition) is 4. The molecule has 0 saturated heterocycles. The van der Waals surface area contributed by atoms with Crippen LogP contribution in [0.4, 0.5) is 5.95 Å². The zero-order valence-electron chi connectivity index (χ0n) is 17.8. The van der Waals surface area contributed by atoms with Crippen LogP contribution < -0.4 is 16.6 Å². The summed E-state index contributed by atoms with van der Waals surface area (Å²) >= 11 is 6.39. The topological polar surface area (TPSA) is 84.7 Å². The molecule has 7 nitrogen and oxygen atoms in total. The third-order valence-corrected chi connectivity index (χ3v) is 6.38. The molecule has 1 fully saturated rings. The van der Waals surface area contributed by atoms with Crippen LogP contribution in [0.2, 0.25) is 5.02 Å². The first-order chi connectivity index (χ1) is 14.1. The van der Waals surface area contributed by atoms with Crippen LogP contribution in [0, 0.1) is 11.3 Å². The zero-order valence-corrected chi connectivity index (χ0v) is 18.6. The van der Waals surface area contributed by atoms with Gasteiger partial charge in [-0.25, -0.2) is 4.79 Å². The summed E-state index contributed by atoms with van der Waals surface area (Å²) in [6.07, 6.45) is 3.24. The van der Waals surface area contributed by atoms with Crippen molar-refractivity contribution < 1.29 is 0 Å². The maximum atomic E-state index is 12.7. The molecule has 160 valence electrons. The van der Waals surface area contributed by atoms with Gasteiger partial charge in [-0.2, -0.15) is 4.98 Å². The third-order valence-electron chi connectivity index (χ3n) is 6.01. The average Bonchev–Trinajstić information content (AvgIpc) is 2.98. The van der Waals surface area contributed by atoms with Crippen molar-refractivity contribution >= 4 is 28.7 Å². The minimum absolute atomic E-state index is 0.235. The number of halogens is 1. The van der Waals surface area contributed by atoms with E-state index in [1.165, 1.54) is 11.0 Å². The Hall–Kier alpha value is -2.54. The second-order valence-electron chi connectivity index (χ2n) is 9.36. The highest BCUT2D eigenvalue weighted by Crippen LogP contribution is 2.39. The number of nitrogens with zero attached hydrogens (tertiary/aromatic N) is 3. The zero-order chi connectivity index (χ0) is 21.6. The van der Waals surface area contributed by atoms with Crippen LogP contribution in [0.5, 0.6) is 0 Å². The Kier molecular flexibility index (Phi) is 5.26. The van der Waals surface area contributed by atoms with Crippen molar-refractivity contribution in [3.63, 3.8) is 0 Å². The normalized spacial score (nSPS) is 21.1. The van der Waals surface area contributed by atoms with Crippen molar-refractivity contribution in [2.75, 3.05) is 5.32 Å². The fraction of sp³-hybridized carbons (Fsp3) is 0.500. The molecular formula is C22H28ClN5O2. The molecule has 1 saturated carbocycles. The number of aryl methyl sites for hydroxylation is 1. The number of imidazole rings is 1. The molecule has 3 aromatic rings. The van der Waals surface area contributed by atoms with Crippen molar-refractivity contribution in [3.8, 4) is 0 Å². The van der Waals surface area contributed by atoms with Gasteiger partial charge in [0, 0.05) is 18.1 Å². The van der Waals surface area contributed by atoms with Crippen LogP contribution in [-0.2, 0) is 13.6 Å². The number of rotatable bonds is 4. The van der Waals surface area contributed by atoms with Crippen molar-refractivity contribution in [2.24, 2.45) is 18.4 Å². The third kappa shape index (κ3) is 3.90. The van der Waals surface area contributed by atoms with Gasteiger partial charge in [-0.1, -0.05) is 50.6 Å². The van der Waals surface area contributed by atoms with Crippen LogP contribution >= 0.6 is 11.6 Å². The second-order valence-corrected chi connectivity index (χ2v) is 9.77. The highest BCUT2D eigenvalue weighted by molar-refractivity contribution is 6.31. The van der Waals surface area contributed by atoms with Gasteiger partial charge in [-0.15, -0.1) is 0 Å². The van der Waals surface area contributed by atoms with Crippen molar-refractivity contribution in [2.45, 2.75) is 52.6 Å². The van der Waals surface area contributed by atoms with E-state index >= 15 is 0 Å². The number of fused-ring (bicyclic) bond motifs is 1. The van der Waals surface area contributed by atoms with E-state index in [0.29, 0.717) is 34.6 Å². The number of aromatic nitrogens is 4. The van der Waals surface area contributed by atoms with Gasteiger partial charge in [0.25, 0.3) is 5.56 Å². The average molecular weight is 430 g/mol. The van der Waals surface area contributed by atoms with E-state index in [4.69, 9.17) is 11.6 Å². The number of H-pyrrole nitrogens is 1. The summed E-state index contributed by atoms with van der Waals surface area (Å²) in [4.78, 5) is 31.9. The molecule has 1 aromatic carbocycles. The van der Waals surface area contributed by atoms with Crippen LogP contribution in [0.1, 0.15) is 45.6 Å². The number of anilines is 1. The molecule has 2 atom stereocenters. The molecule has 1 aliphatic rings. The predicted octanol–water partition coefficient (Wildman–Crippen LogP) is 3.75. The van der Waals surface area contributed by atoms with Gasteiger partial charge in [0.1, 0.15) is 0 Å². The highest BCUT2D eigenvalue weighted by Gasteiger charge is 2.33. The van der Waals surface area contributed by atoms with Gasteiger partial charge < -0.3 is 5.32 Å². The Balaban J connectivity index is 1.83. The molecule has 4 rings (SSSR count). The molecule has 0 amide bonds. The summed E-state index contributed by atoms with van der Waals surface area (Å²) in [7, 11) is 1.61. The highest BCUT2D eigenvalue weighted by atomic mass is 35.5. The molecule has 2 heterocycles. The first kappa shape index (κ1) is 20.7. The van der Waals surface area contributed by atoms with Crippen molar-refractivity contribution in [3.05, 3.63) is 55.7 Å². The maximum Gasteiger partial charge on any atom is 0.329 e. The molecule has 0 aliphatic heterocycles. The number of benzene rings is 1. The lowest BCUT2D eigenvalue weighted by molar-refractivity contribution is 0.177. The molecule has 0 radical (unpaired) electrons. The van der Waals surface area contributed by atoms with E-state index in [2.05, 4.69) is 36.1 Å². The number of aromatic amines is 1. The van der Waals surface area contributed by atoms with Crippen LogP contribution in [-0.4, -0.2) is 25.1 Å². The summed E-state index contributed by atoms with van der Waals surface area (Å²) < 4.78 is 3.21. The molecule has 0 unspecified atom stereocenters. The van der Waals surface area contributed by atoms with Crippen molar-refractivity contribution in [1.82, 2.24) is 19.1 Å². The molecule has 2 aromatic heterocycles. The monoisotopic (exact) mass is 429 g/mol. The Morgan fingerprint density at radius 2 is 2.00 bits per heavy atom. The van der Waals surface area contributed by atoms with E-state index in [-0.39, 0.29) is 11.5 Å². The first-order valence-electron chi connectivity index (χ1n) is 10.3. The molecule has 0 bridgehead atoms. The van der Waals surface area contributed by atoms with E-state index in [0.717, 1.165) is 18.4 Å². The minimum Gasteiger partial charge on any atom is -0.353 e. The lowest BCUT2D eigenvalue weighted by atomic mass is 9.71. The van der Waals surface area contributed by atoms with Gasteiger partial charge in [0.05, 0.1) is 6.54 Å². The number of nitrogens with one attached hydrogen (secondary N) is 2. The lowest BCUT2D eigenvalue weighted by Gasteiger charge is -2.39. The van der Waals surface area contributed by atoms with Crippen molar-refractivity contribution in [1.29, 1.82) is 0 Å². The molecule has 30 heavy (non-hydrogen) atoms. The van der Waals surface area contributed by atoms with E-state index in [1.807, 2.05) is 28.8 Å². The summed E-state index contributed by atoms with van der Waals surface area (Å²) in [5.74, 6) is 1.19. The molecule has 1 aliphatic carbocycles. The quantitative estimate of drug-likeness (QED) is 0.661. The van der Waals surface area contributed by atoms with E-state index in [1.54, 1.807) is 7.05 Å². The predicted molar refractivity (Wildman–Crippen MR) is 120 cm³/mol. The molecular weight excluding hydrogens is 402 g/mol. The molecule has 0 spiro atoms.